The van der Waals surface area contributed by atoms with Crippen LogP contribution in [0.4, 0.5) is 0 Å². The highest BCUT2D eigenvalue weighted by Crippen LogP contribution is 2.18. The highest BCUT2D eigenvalue weighted by Gasteiger charge is 2.20. The van der Waals surface area contributed by atoms with Gasteiger partial charge in [-0.1, -0.05) is 48.5 Å². The third-order valence-electron chi connectivity index (χ3n) is 3.81. The van der Waals surface area contributed by atoms with Crippen LogP contribution in [-0.4, -0.2) is 18.7 Å². The van der Waals surface area contributed by atoms with Gasteiger partial charge in [0.05, 0.1) is 19.7 Å². The Morgan fingerprint density at radius 2 is 1.88 bits per heavy atom. The zero-order chi connectivity index (χ0) is 18.1. The Hall–Kier alpha value is -3.13. The zero-order valence-corrected chi connectivity index (χ0v) is 14.4. The number of hydrogen-bond acceptors (Lipinski definition) is 4. The van der Waals surface area contributed by atoms with Crippen molar-refractivity contribution in [3.8, 4) is 11.8 Å². The van der Waals surface area contributed by atoms with E-state index in [2.05, 4.69) is 10.3 Å². The Morgan fingerprint density at radius 3 is 2.56 bits per heavy atom. The average Bonchev–Trinajstić information content (AvgIpc) is 2.66. The molecule has 0 aromatic heterocycles. The van der Waals surface area contributed by atoms with Crippen molar-refractivity contribution in [2.75, 3.05) is 7.11 Å². The first-order chi connectivity index (χ1) is 12.2. The van der Waals surface area contributed by atoms with Gasteiger partial charge in [0.1, 0.15) is 5.75 Å². The first-order valence-corrected chi connectivity index (χ1v) is 7.99. The number of nitriles is 1. The number of nitrogens with zero attached hydrogens (tertiary/aromatic N) is 2. The number of rotatable bonds is 7. The first-order valence-electron chi connectivity index (χ1n) is 7.99. The lowest BCUT2D eigenvalue weighted by atomic mass is 10.0. The smallest absolute Gasteiger partial charge is 0.243 e. The van der Waals surface area contributed by atoms with E-state index in [9.17, 15) is 10.1 Å². The third-order valence-corrected chi connectivity index (χ3v) is 3.81. The number of methoxy groups -OCH3 is 1. The molecule has 5 heteroatoms. The van der Waals surface area contributed by atoms with Crippen molar-refractivity contribution in [2.45, 2.75) is 20.0 Å². The molecule has 0 fully saturated rings. The van der Waals surface area contributed by atoms with Gasteiger partial charge in [-0.05, 0) is 18.6 Å². The van der Waals surface area contributed by atoms with Crippen molar-refractivity contribution in [2.24, 2.45) is 10.9 Å². The lowest BCUT2D eigenvalue weighted by molar-refractivity contribution is -0.121. The predicted molar refractivity (Wildman–Crippen MR) is 97.2 cm³/mol. The fourth-order valence-corrected chi connectivity index (χ4v) is 2.36. The highest BCUT2D eigenvalue weighted by atomic mass is 16.5. The van der Waals surface area contributed by atoms with Crippen LogP contribution in [0.5, 0.6) is 5.75 Å². The molecule has 0 aliphatic carbocycles. The number of aliphatic imine (C=N–C) groups is 1. The maximum absolute atomic E-state index is 12.3. The van der Waals surface area contributed by atoms with Gasteiger partial charge in [0.25, 0.3) is 0 Å². The average molecular weight is 335 g/mol. The van der Waals surface area contributed by atoms with E-state index in [-0.39, 0.29) is 5.91 Å². The normalized spacial score (nSPS) is 12.1. The maximum Gasteiger partial charge on any atom is 0.243 e. The van der Waals surface area contributed by atoms with Crippen molar-refractivity contribution < 1.29 is 9.53 Å². The van der Waals surface area contributed by atoms with E-state index in [0.717, 1.165) is 16.9 Å². The van der Waals surface area contributed by atoms with E-state index in [1.54, 1.807) is 14.0 Å². The van der Waals surface area contributed by atoms with Crippen molar-refractivity contribution in [1.82, 2.24) is 5.32 Å². The van der Waals surface area contributed by atoms with Gasteiger partial charge in [0, 0.05) is 17.8 Å². The van der Waals surface area contributed by atoms with Gasteiger partial charge in [0.15, 0.2) is 5.92 Å². The minimum absolute atomic E-state index is 0.340. The summed E-state index contributed by atoms with van der Waals surface area (Å²) in [5.41, 5.74) is 2.38. The number of nitrogens with one attached hydrogen (secondary N) is 1. The summed E-state index contributed by atoms with van der Waals surface area (Å²) in [6.45, 7) is 2.45. The molecule has 1 amide bonds. The topological polar surface area (TPSA) is 74.5 Å². The molecule has 0 bridgehead atoms. The fraction of sp³-hybridized carbons (Fsp3) is 0.250. The van der Waals surface area contributed by atoms with Gasteiger partial charge < -0.3 is 10.1 Å². The van der Waals surface area contributed by atoms with Crippen LogP contribution in [0.3, 0.4) is 0 Å². The molecule has 1 unspecified atom stereocenters. The standard InChI is InChI=1S/C20H21N3O2/c1-15(22-14-17-10-6-7-11-19(17)25-2)18(12-21)20(24)23-13-16-8-4-3-5-9-16/h3-11,18H,13-14H2,1-2H3,(H,23,24). The monoisotopic (exact) mass is 335 g/mol. The largest absolute Gasteiger partial charge is 0.496 e. The second kappa shape index (κ2) is 9.24. The number of benzene rings is 2. The Morgan fingerprint density at radius 1 is 1.20 bits per heavy atom. The van der Waals surface area contributed by atoms with Crippen molar-refractivity contribution >= 4 is 11.6 Å². The minimum Gasteiger partial charge on any atom is -0.496 e. The number of ether oxygens (including phenoxy) is 1. The summed E-state index contributed by atoms with van der Waals surface area (Å²) in [7, 11) is 1.60. The number of para-hydroxylation sites is 1. The van der Waals surface area contributed by atoms with Gasteiger partial charge >= 0.3 is 0 Å². The van der Waals surface area contributed by atoms with E-state index in [1.807, 2.05) is 60.7 Å². The van der Waals surface area contributed by atoms with Crippen LogP contribution in [0.15, 0.2) is 59.6 Å². The molecule has 0 radical (unpaired) electrons. The molecule has 0 aliphatic rings. The molecule has 2 aromatic carbocycles. The zero-order valence-electron chi connectivity index (χ0n) is 14.4. The molecule has 2 aromatic rings. The van der Waals surface area contributed by atoms with Gasteiger partial charge in [0.2, 0.25) is 5.91 Å². The van der Waals surface area contributed by atoms with Gasteiger partial charge in [-0.2, -0.15) is 5.26 Å². The first kappa shape index (κ1) is 18.2. The number of hydrogen-bond donors (Lipinski definition) is 1. The predicted octanol–water partition coefficient (Wildman–Crippen LogP) is 3.11. The summed E-state index contributed by atoms with van der Waals surface area (Å²) in [6, 6.07) is 19.1. The van der Waals surface area contributed by atoms with Gasteiger partial charge in [-0.25, -0.2) is 0 Å². The molecule has 0 heterocycles. The molecular formula is C20H21N3O2. The third kappa shape index (κ3) is 5.18. The summed E-state index contributed by atoms with van der Waals surface area (Å²) in [5, 5.41) is 12.1. The molecule has 5 nitrogen and oxygen atoms in total. The molecular weight excluding hydrogens is 314 g/mol. The fourth-order valence-electron chi connectivity index (χ4n) is 2.36. The Labute approximate surface area is 148 Å². The Kier molecular flexibility index (Phi) is 6.73. The summed E-state index contributed by atoms with van der Waals surface area (Å²) >= 11 is 0. The summed E-state index contributed by atoms with van der Waals surface area (Å²) in [6.07, 6.45) is 0. The van der Waals surface area contributed by atoms with E-state index in [1.165, 1.54) is 0 Å². The van der Waals surface area contributed by atoms with Gasteiger partial charge in [-0.3, -0.25) is 9.79 Å². The van der Waals surface area contributed by atoms with E-state index in [4.69, 9.17) is 4.74 Å². The number of amides is 1. The van der Waals surface area contributed by atoms with Crippen LogP contribution in [0.1, 0.15) is 18.1 Å². The van der Waals surface area contributed by atoms with Crippen molar-refractivity contribution in [3.63, 3.8) is 0 Å². The molecule has 1 N–H and O–H groups in total. The second-order valence-corrected chi connectivity index (χ2v) is 5.53. The molecule has 2 rings (SSSR count). The second-order valence-electron chi connectivity index (χ2n) is 5.53. The van der Waals surface area contributed by atoms with Crippen molar-refractivity contribution in [3.05, 3.63) is 65.7 Å². The Bertz CT molecular complexity index is 779. The van der Waals surface area contributed by atoms with Crippen LogP contribution >= 0.6 is 0 Å². The number of carbonyl (C=O) groups excluding carboxylic acids is 1. The van der Waals surface area contributed by atoms with Crippen molar-refractivity contribution in [1.29, 1.82) is 5.26 Å². The van der Waals surface area contributed by atoms with Gasteiger partial charge in [-0.15, -0.1) is 0 Å². The van der Waals surface area contributed by atoms with Crippen LogP contribution in [0.25, 0.3) is 0 Å². The quantitative estimate of drug-likeness (QED) is 0.790. The molecule has 0 saturated heterocycles. The van der Waals surface area contributed by atoms with E-state index >= 15 is 0 Å². The lowest BCUT2D eigenvalue weighted by Crippen LogP contribution is -2.33. The van der Waals surface area contributed by atoms with Crippen LogP contribution in [0.2, 0.25) is 0 Å². The minimum atomic E-state index is -0.904. The molecule has 0 spiro atoms. The van der Waals surface area contributed by atoms with E-state index in [0.29, 0.717) is 18.8 Å². The SMILES string of the molecule is COc1ccccc1CN=C(C)C(C#N)C(=O)NCc1ccccc1. The van der Waals surface area contributed by atoms with Crippen LogP contribution < -0.4 is 10.1 Å². The van der Waals surface area contributed by atoms with Crippen LogP contribution in [-0.2, 0) is 17.9 Å². The summed E-state index contributed by atoms with van der Waals surface area (Å²) < 4.78 is 5.29. The Balaban J connectivity index is 2.00. The molecule has 1 atom stereocenters. The number of carbonyl (C=O) groups is 1. The van der Waals surface area contributed by atoms with Crippen LogP contribution in [0, 0.1) is 17.2 Å². The highest BCUT2D eigenvalue weighted by molar-refractivity contribution is 6.05. The molecule has 128 valence electrons. The summed E-state index contributed by atoms with van der Waals surface area (Å²) in [4.78, 5) is 16.7. The maximum atomic E-state index is 12.3. The summed E-state index contributed by atoms with van der Waals surface area (Å²) in [5.74, 6) is -0.507. The lowest BCUT2D eigenvalue weighted by Gasteiger charge is -2.11. The molecule has 25 heavy (non-hydrogen) atoms. The van der Waals surface area contributed by atoms with E-state index < -0.39 is 5.92 Å². The molecule has 0 aliphatic heterocycles. The molecule has 0 saturated carbocycles.